The number of carbonyl (C=O) groups is 2. The molecule has 1 aliphatic rings. The summed E-state index contributed by atoms with van der Waals surface area (Å²) in [4.78, 5) is 28.3. The number of amides is 2. The number of thiophene rings is 1. The van der Waals surface area contributed by atoms with Gasteiger partial charge >= 0.3 is 0 Å². The third-order valence-electron chi connectivity index (χ3n) is 4.24. The Morgan fingerprint density at radius 2 is 2.04 bits per heavy atom. The molecule has 24 heavy (non-hydrogen) atoms. The number of hydrogen-bond donors (Lipinski definition) is 1. The zero-order valence-corrected chi connectivity index (χ0v) is 14.8. The van der Waals surface area contributed by atoms with Crippen molar-refractivity contribution in [2.24, 2.45) is 5.92 Å². The normalized spacial score (nSPS) is 14.8. The molecule has 4 nitrogen and oxygen atoms in total. The van der Waals surface area contributed by atoms with E-state index in [0.29, 0.717) is 25.4 Å². The van der Waals surface area contributed by atoms with Crippen LogP contribution in [0.15, 0.2) is 41.8 Å². The van der Waals surface area contributed by atoms with Crippen LogP contribution >= 0.6 is 11.3 Å². The molecule has 0 aliphatic carbocycles. The highest BCUT2D eigenvalue weighted by atomic mass is 32.1. The number of rotatable bonds is 6. The van der Waals surface area contributed by atoms with Crippen molar-refractivity contribution < 1.29 is 9.59 Å². The molecular weight excluding hydrogens is 320 g/mol. The lowest BCUT2D eigenvalue weighted by Crippen LogP contribution is -2.47. The molecule has 2 aromatic rings. The number of carbonyl (C=O) groups excluding carboxylic acids is 2. The highest BCUT2D eigenvalue weighted by molar-refractivity contribution is 7.09. The van der Waals surface area contributed by atoms with Crippen LogP contribution in [0, 0.1) is 5.92 Å². The van der Waals surface area contributed by atoms with Gasteiger partial charge in [0.05, 0.1) is 6.54 Å². The van der Waals surface area contributed by atoms with Crippen LogP contribution in [0.1, 0.15) is 41.1 Å². The minimum absolute atomic E-state index is 0.0393. The average molecular weight is 342 g/mol. The van der Waals surface area contributed by atoms with E-state index in [2.05, 4.69) is 19.2 Å². The first kappa shape index (κ1) is 16.7. The Hall–Kier alpha value is -2.14. The Morgan fingerprint density at radius 3 is 2.71 bits per heavy atom. The van der Waals surface area contributed by atoms with Gasteiger partial charge in [-0.3, -0.25) is 9.59 Å². The average Bonchev–Trinajstić information content (AvgIpc) is 3.19. The zero-order chi connectivity index (χ0) is 17.1. The molecule has 0 unspecified atom stereocenters. The fourth-order valence-corrected chi connectivity index (χ4v) is 3.70. The fraction of sp³-hybridized carbons (Fsp3) is 0.368. The minimum Gasteiger partial charge on any atom is -0.349 e. The second kappa shape index (κ2) is 7.18. The first-order valence-electron chi connectivity index (χ1n) is 8.25. The molecule has 0 spiro atoms. The van der Waals surface area contributed by atoms with E-state index in [0.717, 1.165) is 16.0 Å². The highest BCUT2D eigenvalue weighted by Crippen LogP contribution is 2.27. The number of fused-ring (bicyclic) bond motifs is 1. The first-order chi connectivity index (χ1) is 11.6. The number of hydrogen-bond acceptors (Lipinski definition) is 3. The highest BCUT2D eigenvalue weighted by Gasteiger charge is 2.36. The lowest BCUT2D eigenvalue weighted by atomic mass is 10.0. The van der Waals surface area contributed by atoms with Crippen molar-refractivity contribution in [1.82, 2.24) is 10.2 Å². The summed E-state index contributed by atoms with van der Waals surface area (Å²) >= 11 is 1.62. The van der Waals surface area contributed by atoms with Gasteiger partial charge < -0.3 is 10.2 Å². The molecule has 1 aromatic heterocycles. The van der Waals surface area contributed by atoms with Gasteiger partial charge in [-0.05, 0) is 35.4 Å². The molecule has 1 N–H and O–H groups in total. The zero-order valence-electron chi connectivity index (χ0n) is 14.0. The van der Waals surface area contributed by atoms with Crippen LogP contribution in [-0.2, 0) is 17.9 Å². The van der Waals surface area contributed by atoms with Crippen LogP contribution in [0.5, 0.6) is 0 Å². The Labute approximate surface area is 146 Å². The summed E-state index contributed by atoms with van der Waals surface area (Å²) in [7, 11) is 0. The van der Waals surface area contributed by atoms with Gasteiger partial charge in [0.25, 0.3) is 5.91 Å². The van der Waals surface area contributed by atoms with Gasteiger partial charge in [-0.1, -0.05) is 38.1 Å². The van der Waals surface area contributed by atoms with E-state index in [1.54, 1.807) is 16.2 Å². The van der Waals surface area contributed by atoms with E-state index in [-0.39, 0.29) is 11.8 Å². The van der Waals surface area contributed by atoms with Crippen molar-refractivity contribution >= 4 is 23.2 Å². The number of benzene rings is 1. The molecule has 0 radical (unpaired) electrons. The standard InChI is InChI=1S/C19H22N2O2S/c1-13(2)10-17(18(22)20-11-15-7-5-9-24-15)21-12-14-6-3-4-8-16(14)19(21)23/h3-9,13,17H,10-12H2,1-2H3,(H,20,22)/t17-/m0/s1. The van der Waals surface area contributed by atoms with Crippen molar-refractivity contribution in [1.29, 1.82) is 0 Å². The van der Waals surface area contributed by atoms with Crippen LogP contribution in [0.25, 0.3) is 0 Å². The topological polar surface area (TPSA) is 49.4 Å². The molecule has 5 heteroatoms. The first-order valence-corrected chi connectivity index (χ1v) is 9.13. The Bertz CT molecular complexity index is 725. The third-order valence-corrected chi connectivity index (χ3v) is 5.12. The molecule has 126 valence electrons. The Balaban J connectivity index is 1.74. The van der Waals surface area contributed by atoms with Crippen molar-refractivity contribution in [2.75, 3.05) is 0 Å². The van der Waals surface area contributed by atoms with Gasteiger partial charge in [-0.25, -0.2) is 0 Å². The summed E-state index contributed by atoms with van der Waals surface area (Å²) < 4.78 is 0. The number of nitrogens with zero attached hydrogens (tertiary/aromatic N) is 1. The lowest BCUT2D eigenvalue weighted by molar-refractivity contribution is -0.126. The lowest BCUT2D eigenvalue weighted by Gasteiger charge is -2.28. The molecule has 2 heterocycles. The second-order valence-corrected chi connectivity index (χ2v) is 7.56. The van der Waals surface area contributed by atoms with E-state index < -0.39 is 6.04 Å². The summed E-state index contributed by atoms with van der Waals surface area (Å²) in [6.45, 7) is 5.18. The molecule has 0 saturated heterocycles. The predicted molar refractivity (Wildman–Crippen MR) is 95.7 cm³/mol. The van der Waals surface area contributed by atoms with E-state index >= 15 is 0 Å². The summed E-state index contributed by atoms with van der Waals surface area (Å²) in [6.07, 6.45) is 0.663. The van der Waals surface area contributed by atoms with Crippen molar-refractivity contribution in [3.05, 3.63) is 57.8 Å². The van der Waals surface area contributed by atoms with Gasteiger partial charge in [-0.15, -0.1) is 11.3 Å². The second-order valence-electron chi connectivity index (χ2n) is 6.53. The smallest absolute Gasteiger partial charge is 0.255 e. The molecule has 2 amide bonds. The SMILES string of the molecule is CC(C)C[C@@H](C(=O)NCc1cccs1)N1Cc2ccccc2C1=O. The molecule has 1 aliphatic heterocycles. The molecule has 0 fully saturated rings. The van der Waals surface area contributed by atoms with Crippen LogP contribution < -0.4 is 5.32 Å². The van der Waals surface area contributed by atoms with Gasteiger partial charge in [0, 0.05) is 17.0 Å². The number of nitrogens with one attached hydrogen (secondary N) is 1. The van der Waals surface area contributed by atoms with Gasteiger partial charge in [-0.2, -0.15) is 0 Å². The monoisotopic (exact) mass is 342 g/mol. The maximum Gasteiger partial charge on any atom is 0.255 e. The molecule has 0 bridgehead atoms. The summed E-state index contributed by atoms with van der Waals surface area (Å²) in [5, 5.41) is 4.99. The molecule has 1 atom stereocenters. The van der Waals surface area contributed by atoms with Crippen LogP contribution in [0.3, 0.4) is 0 Å². The summed E-state index contributed by atoms with van der Waals surface area (Å²) in [5.41, 5.74) is 1.72. The quantitative estimate of drug-likeness (QED) is 0.874. The van der Waals surface area contributed by atoms with Crippen LogP contribution in [-0.4, -0.2) is 22.8 Å². The maximum atomic E-state index is 12.8. The molecular formula is C19H22N2O2S. The third kappa shape index (κ3) is 3.51. The van der Waals surface area contributed by atoms with E-state index in [4.69, 9.17) is 0 Å². The Kier molecular flexibility index (Phi) is 5.00. The van der Waals surface area contributed by atoms with Gasteiger partial charge in [0.2, 0.25) is 5.91 Å². The maximum absolute atomic E-state index is 12.8. The molecule has 0 saturated carbocycles. The minimum atomic E-state index is -0.426. The van der Waals surface area contributed by atoms with Gasteiger partial charge in [0.1, 0.15) is 6.04 Å². The summed E-state index contributed by atoms with van der Waals surface area (Å²) in [5.74, 6) is 0.222. The molecule has 1 aromatic carbocycles. The van der Waals surface area contributed by atoms with Crippen molar-refractivity contribution in [2.45, 2.75) is 39.4 Å². The van der Waals surface area contributed by atoms with Crippen LogP contribution in [0.4, 0.5) is 0 Å². The van der Waals surface area contributed by atoms with Crippen LogP contribution in [0.2, 0.25) is 0 Å². The fourth-order valence-electron chi connectivity index (χ4n) is 3.06. The van der Waals surface area contributed by atoms with E-state index in [9.17, 15) is 9.59 Å². The van der Waals surface area contributed by atoms with Crippen molar-refractivity contribution in [3.63, 3.8) is 0 Å². The Morgan fingerprint density at radius 1 is 1.25 bits per heavy atom. The van der Waals surface area contributed by atoms with E-state index in [1.807, 2.05) is 41.8 Å². The van der Waals surface area contributed by atoms with Gasteiger partial charge in [0.15, 0.2) is 0 Å². The summed E-state index contributed by atoms with van der Waals surface area (Å²) in [6, 6.07) is 11.2. The largest absolute Gasteiger partial charge is 0.349 e. The van der Waals surface area contributed by atoms with E-state index in [1.165, 1.54) is 0 Å². The molecule has 3 rings (SSSR count). The predicted octanol–water partition coefficient (Wildman–Crippen LogP) is 3.44. The van der Waals surface area contributed by atoms with Crippen molar-refractivity contribution in [3.8, 4) is 0 Å².